The van der Waals surface area contributed by atoms with Crippen molar-refractivity contribution < 1.29 is 14.7 Å². The van der Waals surface area contributed by atoms with Crippen molar-refractivity contribution in [2.24, 2.45) is 0 Å². The van der Waals surface area contributed by atoms with Crippen LogP contribution >= 0.6 is 0 Å². The van der Waals surface area contributed by atoms with E-state index in [2.05, 4.69) is 5.32 Å². The molecule has 0 bridgehead atoms. The average Bonchev–Trinajstić information content (AvgIpc) is 2.22. The van der Waals surface area contributed by atoms with Gasteiger partial charge >= 0.3 is 12.0 Å². The number of nitrogens with zero attached hydrogens (tertiary/aromatic N) is 1. The molecule has 0 aromatic heterocycles. The molecule has 2 amide bonds. The van der Waals surface area contributed by atoms with E-state index in [4.69, 9.17) is 5.11 Å². The monoisotopic (exact) mass is 236 g/mol. The molecule has 92 valence electrons. The first-order chi connectivity index (χ1) is 7.90. The van der Waals surface area contributed by atoms with Gasteiger partial charge in [0.1, 0.15) is 6.54 Å². The highest BCUT2D eigenvalue weighted by Crippen LogP contribution is 2.14. The molecule has 1 rings (SSSR count). The van der Waals surface area contributed by atoms with Gasteiger partial charge in [-0.15, -0.1) is 0 Å². The summed E-state index contributed by atoms with van der Waals surface area (Å²) < 4.78 is 0. The van der Waals surface area contributed by atoms with Crippen LogP contribution in [0.25, 0.3) is 0 Å². The summed E-state index contributed by atoms with van der Waals surface area (Å²) in [4.78, 5) is 23.1. The summed E-state index contributed by atoms with van der Waals surface area (Å²) in [6.07, 6.45) is 0. The highest BCUT2D eigenvalue weighted by atomic mass is 16.4. The van der Waals surface area contributed by atoms with Crippen molar-refractivity contribution in [2.75, 3.05) is 18.9 Å². The number of anilines is 1. The molecule has 0 fully saturated rings. The lowest BCUT2D eigenvalue weighted by Crippen LogP contribution is -2.35. The number of carboxylic acid groups (broad SMARTS) is 1. The third kappa shape index (κ3) is 3.79. The normalized spacial score (nSPS) is 9.82. The van der Waals surface area contributed by atoms with Crippen LogP contribution in [0.3, 0.4) is 0 Å². The van der Waals surface area contributed by atoms with E-state index in [-0.39, 0.29) is 6.54 Å². The van der Waals surface area contributed by atoms with Gasteiger partial charge in [-0.2, -0.15) is 0 Å². The molecule has 0 heterocycles. The molecule has 0 unspecified atom stereocenters. The minimum Gasteiger partial charge on any atom is -0.480 e. The van der Waals surface area contributed by atoms with Gasteiger partial charge in [-0.1, -0.05) is 6.07 Å². The number of rotatable bonds is 3. The van der Waals surface area contributed by atoms with E-state index in [1.807, 2.05) is 26.0 Å². The fourth-order valence-electron chi connectivity index (χ4n) is 1.31. The van der Waals surface area contributed by atoms with Crippen molar-refractivity contribution in [3.05, 3.63) is 29.3 Å². The second-order valence-electron chi connectivity index (χ2n) is 3.98. The molecule has 2 N–H and O–H groups in total. The maximum absolute atomic E-state index is 11.6. The van der Waals surface area contributed by atoms with Gasteiger partial charge in [-0.05, 0) is 37.1 Å². The van der Waals surface area contributed by atoms with E-state index in [1.54, 1.807) is 6.07 Å². The zero-order chi connectivity index (χ0) is 13.0. The van der Waals surface area contributed by atoms with Crippen LogP contribution in [0, 0.1) is 13.8 Å². The average molecular weight is 236 g/mol. The van der Waals surface area contributed by atoms with Gasteiger partial charge in [0.05, 0.1) is 0 Å². The molecule has 5 nitrogen and oxygen atoms in total. The number of carbonyl (C=O) groups is 2. The number of amides is 2. The molecule has 0 aliphatic carbocycles. The third-order valence-electron chi connectivity index (χ3n) is 2.48. The number of carboxylic acids is 1. The number of likely N-dealkylation sites (N-methyl/N-ethyl adjacent to an activating group) is 1. The zero-order valence-electron chi connectivity index (χ0n) is 10.2. The summed E-state index contributed by atoms with van der Waals surface area (Å²) in [6.45, 7) is 3.61. The highest BCUT2D eigenvalue weighted by molar-refractivity contribution is 5.91. The topological polar surface area (TPSA) is 69.6 Å². The number of nitrogens with one attached hydrogen (secondary N) is 1. The Hall–Kier alpha value is -2.04. The zero-order valence-corrected chi connectivity index (χ0v) is 10.2. The summed E-state index contributed by atoms with van der Waals surface area (Å²) in [5.74, 6) is -1.04. The van der Waals surface area contributed by atoms with Crippen LogP contribution < -0.4 is 5.32 Å². The summed E-state index contributed by atoms with van der Waals surface area (Å²) in [5, 5.41) is 11.2. The second kappa shape index (κ2) is 5.34. The number of benzene rings is 1. The molecule has 0 spiro atoms. The first-order valence-corrected chi connectivity index (χ1v) is 5.21. The minimum atomic E-state index is -1.04. The van der Waals surface area contributed by atoms with Gasteiger partial charge < -0.3 is 15.3 Å². The van der Waals surface area contributed by atoms with Crippen LogP contribution in [0.2, 0.25) is 0 Å². The Bertz CT molecular complexity index is 443. The van der Waals surface area contributed by atoms with Crippen molar-refractivity contribution in [1.82, 2.24) is 4.90 Å². The number of urea groups is 1. The predicted molar refractivity (Wildman–Crippen MR) is 65.2 cm³/mol. The van der Waals surface area contributed by atoms with Crippen molar-refractivity contribution in [3.8, 4) is 0 Å². The Balaban J connectivity index is 2.67. The number of hydrogen-bond donors (Lipinski definition) is 2. The Morgan fingerprint density at radius 3 is 2.47 bits per heavy atom. The van der Waals surface area contributed by atoms with Crippen LogP contribution in [0.1, 0.15) is 11.1 Å². The first kappa shape index (κ1) is 13.0. The number of hydrogen-bond acceptors (Lipinski definition) is 2. The van der Waals surface area contributed by atoms with Crippen molar-refractivity contribution in [3.63, 3.8) is 0 Å². The fraction of sp³-hybridized carbons (Fsp3) is 0.333. The summed E-state index contributed by atoms with van der Waals surface area (Å²) in [5.41, 5.74) is 2.88. The Morgan fingerprint density at radius 2 is 1.94 bits per heavy atom. The van der Waals surface area contributed by atoms with Gasteiger partial charge in [-0.3, -0.25) is 4.79 Å². The Morgan fingerprint density at radius 1 is 1.29 bits per heavy atom. The van der Waals surface area contributed by atoms with Crippen LogP contribution in [0.15, 0.2) is 18.2 Å². The van der Waals surface area contributed by atoms with Gasteiger partial charge in [0.2, 0.25) is 0 Å². The lowest BCUT2D eigenvalue weighted by Gasteiger charge is -2.16. The largest absolute Gasteiger partial charge is 0.480 e. The fourth-order valence-corrected chi connectivity index (χ4v) is 1.31. The van der Waals surface area contributed by atoms with E-state index in [1.165, 1.54) is 7.05 Å². The molecule has 0 saturated heterocycles. The van der Waals surface area contributed by atoms with Crippen molar-refractivity contribution in [1.29, 1.82) is 0 Å². The second-order valence-corrected chi connectivity index (χ2v) is 3.98. The maximum atomic E-state index is 11.6. The molecule has 0 radical (unpaired) electrons. The van der Waals surface area contributed by atoms with E-state index < -0.39 is 12.0 Å². The molecule has 0 saturated carbocycles. The number of carbonyl (C=O) groups excluding carboxylic acids is 1. The summed E-state index contributed by atoms with van der Waals surface area (Å²) in [6, 6.07) is 5.11. The van der Waals surface area contributed by atoms with Gasteiger partial charge in [0.15, 0.2) is 0 Å². The quantitative estimate of drug-likeness (QED) is 0.841. The van der Waals surface area contributed by atoms with Crippen LogP contribution in [0.4, 0.5) is 10.5 Å². The summed E-state index contributed by atoms with van der Waals surface area (Å²) in [7, 11) is 1.44. The van der Waals surface area contributed by atoms with Crippen molar-refractivity contribution >= 4 is 17.7 Å². The third-order valence-corrected chi connectivity index (χ3v) is 2.48. The lowest BCUT2D eigenvalue weighted by molar-refractivity contribution is -0.137. The van der Waals surface area contributed by atoms with Crippen LogP contribution in [-0.4, -0.2) is 35.6 Å². The van der Waals surface area contributed by atoms with Crippen molar-refractivity contribution in [2.45, 2.75) is 13.8 Å². The minimum absolute atomic E-state index is 0.323. The standard InChI is InChI=1S/C12H16N2O3/c1-8-4-5-10(6-9(8)2)13-12(17)14(3)7-11(15)16/h4-6H,7H2,1-3H3,(H,13,17)(H,15,16). The molecule has 5 heteroatoms. The molecule has 0 aliphatic heterocycles. The lowest BCUT2D eigenvalue weighted by atomic mass is 10.1. The van der Waals surface area contributed by atoms with E-state index >= 15 is 0 Å². The number of aliphatic carboxylic acids is 1. The van der Waals surface area contributed by atoms with E-state index in [0.29, 0.717) is 5.69 Å². The molecular weight excluding hydrogens is 220 g/mol. The van der Waals surface area contributed by atoms with Gasteiger partial charge in [0.25, 0.3) is 0 Å². The van der Waals surface area contributed by atoms with Gasteiger partial charge in [0, 0.05) is 12.7 Å². The highest BCUT2D eigenvalue weighted by Gasteiger charge is 2.11. The van der Waals surface area contributed by atoms with Crippen LogP contribution in [0.5, 0.6) is 0 Å². The number of aryl methyl sites for hydroxylation is 2. The molecule has 1 aromatic carbocycles. The molecule has 17 heavy (non-hydrogen) atoms. The van der Waals surface area contributed by atoms with E-state index in [0.717, 1.165) is 16.0 Å². The smallest absolute Gasteiger partial charge is 0.323 e. The first-order valence-electron chi connectivity index (χ1n) is 5.21. The van der Waals surface area contributed by atoms with Crippen LogP contribution in [-0.2, 0) is 4.79 Å². The molecular formula is C12H16N2O3. The molecule has 0 aliphatic rings. The maximum Gasteiger partial charge on any atom is 0.323 e. The molecule has 1 aromatic rings. The van der Waals surface area contributed by atoms with E-state index in [9.17, 15) is 9.59 Å². The Labute approximate surface area is 100 Å². The SMILES string of the molecule is Cc1ccc(NC(=O)N(C)CC(=O)O)cc1C. The summed E-state index contributed by atoms with van der Waals surface area (Å²) >= 11 is 0. The molecule has 0 atom stereocenters. The van der Waals surface area contributed by atoms with Gasteiger partial charge in [-0.25, -0.2) is 4.79 Å². The predicted octanol–water partition coefficient (Wildman–Crippen LogP) is 1.85. The Kier molecular flexibility index (Phi) is 4.09.